The van der Waals surface area contributed by atoms with E-state index in [1.165, 1.54) is 0 Å². The van der Waals surface area contributed by atoms with Gasteiger partial charge >= 0.3 is 0 Å². The monoisotopic (exact) mass is 298 g/mol. The van der Waals surface area contributed by atoms with Crippen LogP contribution in [0.15, 0.2) is 18.2 Å². The lowest BCUT2D eigenvalue weighted by atomic mass is 10.0. The Bertz CT molecular complexity index is 462. The van der Waals surface area contributed by atoms with E-state index in [9.17, 15) is 4.79 Å². The molecule has 1 aromatic carbocycles. The molecule has 3 N–H and O–H groups in total. The molecule has 0 atom stereocenters. The highest BCUT2D eigenvalue weighted by Gasteiger charge is 2.14. The molecule has 1 aliphatic heterocycles. The number of nitrogens with two attached hydrogens (primary N) is 1. The van der Waals surface area contributed by atoms with Gasteiger partial charge in [0.15, 0.2) is 0 Å². The summed E-state index contributed by atoms with van der Waals surface area (Å²) in [5.41, 5.74) is 6.70. The quantitative estimate of drug-likeness (QED) is 0.818. The number of nitrogen functional groups attached to an aromatic ring is 1. The Morgan fingerprint density at radius 3 is 2.95 bits per heavy atom. The molecule has 0 aliphatic carbocycles. The lowest BCUT2D eigenvalue weighted by Gasteiger charge is -2.21. The molecular weight excluding hydrogens is 280 g/mol. The summed E-state index contributed by atoms with van der Waals surface area (Å²) in [5, 5.41) is 3.14. The normalized spacial score (nSPS) is 16.1. The minimum atomic E-state index is -0.232. The molecule has 110 valence electrons. The van der Waals surface area contributed by atoms with Crippen LogP contribution in [-0.2, 0) is 14.3 Å². The van der Waals surface area contributed by atoms with Crippen molar-refractivity contribution in [2.45, 2.75) is 12.8 Å². The van der Waals surface area contributed by atoms with E-state index in [2.05, 4.69) is 5.32 Å². The van der Waals surface area contributed by atoms with Crippen molar-refractivity contribution in [3.8, 4) is 0 Å². The molecule has 20 heavy (non-hydrogen) atoms. The van der Waals surface area contributed by atoms with Crippen molar-refractivity contribution in [2.24, 2.45) is 5.92 Å². The van der Waals surface area contributed by atoms with Crippen LogP contribution in [0.25, 0.3) is 0 Å². The largest absolute Gasteiger partial charge is 0.399 e. The van der Waals surface area contributed by atoms with E-state index in [-0.39, 0.29) is 12.5 Å². The van der Waals surface area contributed by atoms with Crippen LogP contribution < -0.4 is 11.1 Å². The van der Waals surface area contributed by atoms with Crippen molar-refractivity contribution in [3.63, 3.8) is 0 Å². The Labute approximate surface area is 123 Å². The smallest absolute Gasteiger partial charge is 0.250 e. The minimum absolute atomic E-state index is 0.0164. The highest BCUT2D eigenvalue weighted by molar-refractivity contribution is 6.33. The first kappa shape index (κ1) is 15.1. The van der Waals surface area contributed by atoms with Crippen LogP contribution in [0.2, 0.25) is 5.02 Å². The molecule has 0 bridgehead atoms. The molecular formula is C14H19ClN2O3. The Hall–Kier alpha value is -1.30. The number of amides is 1. The van der Waals surface area contributed by atoms with Crippen LogP contribution in [0.1, 0.15) is 12.8 Å². The Morgan fingerprint density at radius 1 is 1.45 bits per heavy atom. The van der Waals surface area contributed by atoms with E-state index in [1.807, 2.05) is 0 Å². The summed E-state index contributed by atoms with van der Waals surface area (Å²) in [6.07, 6.45) is 1.98. The second kappa shape index (κ2) is 7.47. The number of anilines is 2. The summed E-state index contributed by atoms with van der Waals surface area (Å²) in [7, 11) is 0. The van der Waals surface area contributed by atoms with Crippen LogP contribution in [0.5, 0.6) is 0 Å². The number of carbonyl (C=O) groups excluding carboxylic acids is 1. The van der Waals surface area contributed by atoms with Gasteiger partial charge in [0.2, 0.25) is 5.91 Å². The standard InChI is InChI=1S/C14H19ClN2O3/c15-12-2-1-11(16)7-13(12)17-14(18)9-20-8-10-3-5-19-6-4-10/h1-2,7,10H,3-6,8-9,16H2,(H,17,18). The average Bonchev–Trinajstić information content (AvgIpc) is 2.44. The molecule has 6 heteroatoms. The SMILES string of the molecule is Nc1ccc(Cl)c(NC(=O)COCC2CCOCC2)c1. The lowest BCUT2D eigenvalue weighted by Crippen LogP contribution is -2.24. The fourth-order valence-electron chi connectivity index (χ4n) is 2.06. The van der Waals surface area contributed by atoms with Crippen molar-refractivity contribution in [1.82, 2.24) is 0 Å². The first-order valence-electron chi connectivity index (χ1n) is 6.65. The highest BCUT2D eigenvalue weighted by atomic mass is 35.5. The van der Waals surface area contributed by atoms with Gasteiger partial charge in [-0.25, -0.2) is 0 Å². The Balaban J connectivity index is 1.73. The molecule has 0 radical (unpaired) electrons. The summed E-state index contributed by atoms with van der Waals surface area (Å²) in [4.78, 5) is 11.8. The maximum atomic E-state index is 11.8. The first-order valence-corrected chi connectivity index (χ1v) is 7.03. The van der Waals surface area contributed by atoms with Crippen LogP contribution in [-0.4, -0.2) is 32.3 Å². The van der Waals surface area contributed by atoms with Gasteiger partial charge < -0.3 is 20.5 Å². The number of benzene rings is 1. The third-order valence-electron chi connectivity index (χ3n) is 3.19. The molecule has 1 saturated heterocycles. The molecule has 0 saturated carbocycles. The lowest BCUT2D eigenvalue weighted by molar-refractivity contribution is -0.121. The summed E-state index contributed by atoms with van der Waals surface area (Å²) in [6.45, 7) is 2.15. The minimum Gasteiger partial charge on any atom is -0.399 e. The van der Waals surface area contributed by atoms with Gasteiger partial charge in [-0.3, -0.25) is 4.79 Å². The van der Waals surface area contributed by atoms with Crippen molar-refractivity contribution in [2.75, 3.05) is 37.5 Å². The van der Waals surface area contributed by atoms with Crippen molar-refractivity contribution in [1.29, 1.82) is 0 Å². The van der Waals surface area contributed by atoms with Crippen LogP contribution in [0, 0.1) is 5.92 Å². The third-order valence-corrected chi connectivity index (χ3v) is 3.52. The van der Waals surface area contributed by atoms with E-state index in [0.29, 0.717) is 28.9 Å². The molecule has 1 fully saturated rings. The topological polar surface area (TPSA) is 73.6 Å². The van der Waals surface area contributed by atoms with Crippen LogP contribution in [0.3, 0.4) is 0 Å². The number of rotatable bonds is 5. The predicted molar refractivity (Wildman–Crippen MR) is 78.9 cm³/mol. The molecule has 1 heterocycles. The van der Waals surface area contributed by atoms with Gasteiger partial charge in [-0.15, -0.1) is 0 Å². The predicted octanol–water partition coefficient (Wildman–Crippen LogP) is 2.30. The van der Waals surface area contributed by atoms with Crippen molar-refractivity contribution in [3.05, 3.63) is 23.2 Å². The summed E-state index contributed by atoms with van der Waals surface area (Å²) in [6, 6.07) is 4.95. The molecule has 5 nitrogen and oxygen atoms in total. The van der Waals surface area contributed by atoms with Crippen molar-refractivity contribution >= 4 is 28.9 Å². The molecule has 1 aromatic rings. The summed E-state index contributed by atoms with van der Waals surface area (Å²) < 4.78 is 10.7. The van der Waals surface area contributed by atoms with E-state index < -0.39 is 0 Å². The first-order chi connectivity index (χ1) is 9.65. The number of hydrogen-bond donors (Lipinski definition) is 2. The van der Waals surface area contributed by atoms with Crippen LogP contribution >= 0.6 is 11.6 Å². The van der Waals surface area contributed by atoms with Crippen molar-refractivity contribution < 1.29 is 14.3 Å². The molecule has 0 unspecified atom stereocenters. The number of nitrogens with one attached hydrogen (secondary N) is 1. The van der Waals surface area contributed by atoms with E-state index in [1.54, 1.807) is 18.2 Å². The van der Waals surface area contributed by atoms with Crippen LogP contribution in [0.4, 0.5) is 11.4 Å². The maximum Gasteiger partial charge on any atom is 0.250 e. The van der Waals surface area contributed by atoms with Gasteiger partial charge in [0.25, 0.3) is 0 Å². The van der Waals surface area contributed by atoms with E-state index in [4.69, 9.17) is 26.8 Å². The number of carbonyl (C=O) groups is 1. The summed E-state index contributed by atoms with van der Waals surface area (Å²) >= 11 is 5.97. The summed E-state index contributed by atoms with van der Waals surface area (Å²) in [5.74, 6) is 0.247. The second-order valence-corrected chi connectivity index (χ2v) is 5.27. The molecule has 0 aromatic heterocycles. The van der Waals surface area contributed by atoms with Gasteiger partial charge in [-0.05, 0) is 37.0 Å². The zero-order valence-electron chi connectivity index (χ0n) is 11.2. The Kier molecular flexibility index (Phi) is 5.64. The fraction of sp³-hybridized carbons (Fsp3) is 0.500. The molecule has 2 rings (SSSR count). The molecule has 1 amide bonds. The van der Waals surface area contributed by atoms with Gasteiger partial charge in [0.1, 0.15) is 6.61 Å². The number of halogens is 1. The van der Waals surface area contributed by atoms with Gasteiger partial charge in [0, 0.05) is 18.9 Å². The van der Waals surface area contributed by atoms with E-state index in [0.717, 1.165) is 26.1 Å². The zero-order chi connectivity index (χ0) is 14.4. The average molecular weight is 299 g/mol. The molecule has 1 aliphatic rings. The zero-order valence-corrected chi connectivity index (χ0v) is 12.0. The maximum absolute atomic E-state index is 11.8. The van der Waals surface area contributed by atoms with Gasteiger partial charge in [0.05, 0.1) is 17.3 Å². The van der Waals surface area contributed by atoms with E-state index >= 15 is 0 Å². The fourth-order valence-corrected chi connectivity index (χ4v) is 2.22. The second-order valence-electron chi connectivity index (χ2n) is 4.86. The van der Waals surface area contributed by atoms with Gasteiger partial charge in [-0.1, -0.05) is 11.6 Å². The third kappa shape index (κ3) is 4.67. The number of hydrogen-bond acceptors (Lipinski definition) is 4. The highest BCUT2D eigenvalue weighted by Crippen LogP contribution is 2.24. The van der Waals surface area contributed by atoms with Gasteiger partial charge in [-0.2, -0.15) is 0 Å². The number of ether oxygens (including phenoxy) is 2. The Morgan fingerprint density at radius 2 is 2.20 bits per heavy atom. The molecule has 0 spiro atoms.